The number of carbonyl (C=O) groups excluding carboxylic acids is 1. The van der Waals surface area contributed by atoms with Crippen LogP contribution in [-0.2, 0) is 5.88 Å². The number of Topliss-reactive ketones (excluding diaryl/α,β-unsaturated/α-hetero) is 1. The number of benzene rings is 1. The van der Waals surface area contributed by atoms with Crippen molar-refractivity contribution in [3.05, 3.63) is 29.3 Å². The van der Waals surface area contributed by atoms with Gasteiger partial charge in [0.15, 0.2) is 5.78 Å². The van der Waals surface area contributed by atoms with Gasteiger partial charge in [-0.2, -0.15) is 0 Å². The van der Waals surface area contributed by atoms with Crippen molar-refractivity contribution in [1.82, 2.24) is 0 Å². The van der Waals surface area contributed by atoms with Crippen LogP contribution in [0.25, 0.3) is 0 Å². The average Bonchev–Trinajstić information content (AvgIpc) is 2.17. The summed E-state index contributed by atoms with van der Waals surface area (Å²) in [5.74, 6) is 0.222. The Hall–Kier alpha value is -0.180. The average molecular weight is 249 g/mol. The molecule has 0 aliphatic carbocycles. The highest BCUT2D eigenvalue weighted by Gasteiger charge is 2.16. The molecule has 14 heavy (non-hydrogen) atoms. The maximum Gasteiger partial charge on any atom is 0.181 e. The second-order valence-electron chi connectivity index (χ2n) is 2.93. The van der Waals surface area contributed by atoms with Crippen LogP contribution >= 0.6 is 35.8 Å². The third kappa shape index (κ3) is 2.44. The lowest BCUT2D eigenvalue weighted by Crippen LogP contribution is -2.11. The van der Waals surface area contributed by atoms with Gasteiger partial charge in [-0.05, 0) is 12.5 Å². The topological polar surface area (TPSA) is 17.1 Å². The van der Waals surface area contributed by atoms with E-state index in [4.69, 9.17) is 23.2 Å². The molecule has 1 atom stereocenters. The van der Waals surface area contributed by atoms with Gasteiger partial charge in [0.25, 0.3) is 0 Å². The Balaban J connectivity index is 3.16. The Morgan fingerprint density at radius 1 is 1.57 bits per heavy atom. The van der Waals surface area contributed by atoms with Gasteiger partial charge in [0.1, 0.15) is 0 Å². The van der Waals surface area contributed by atoms with Crippen LogP contribution in [0.5, 0.6) is 0 Å². The lowest BCUT2D eigenvalue weighted by Gasteiger charge is -2.08. The third-order valence-corrected chi connectivity index (χ3v) is 2.90. The van der Waals surface area contributed by atoms with Gasteiger partial charge in [-0.15, -0.1) is 35.8 Å². The minimum Gasteiger partial charge on any atom is -0.292 e. The zero-order chi connectivity index (χ0) is 10.7. The second kappa shape index (κ2) is 5.06. The predicted molar refractivity (Wildman–Crippen MR) is 62.9 cm³/mol. The van der Waals surface area contributed by atoms with Gasteiger partial charge in [0.2, 0.25) is 0 Å². The molecule has 0 heterocycles. The number of halogens is 2. The molecule has 0 aliphatic rings. The molecule has 1 aromatic carbocycles. The number of ketones is 1. The van der Waals surface area contributed by atoms with Gasteiger partial charge < -0.3 is 0 Å². The Bertz CT molecular complexity index is 350. The molecule has 0 aromatic heterocycles. The number of hydrogen-bond donors (Lipinski definition) is 1. The van der Waals surface area contributed by atoms with Gasteiger partial charge in [0.05, 0.1) is 5.38 Å². The summed E-state index contributed by atoms with van der Waals surface area (Å²) in [4.78, 5) is 12.2. The van der Waals surface area contributed by atoms with Crippen LogP contribution in [0.3, 0.4) is 0 Å². The van der Waals surface area contributed by atoms with Crippen LogP contribution in [-0.4, -0.2) is 11.2 Å². The summed E-state index contributed by atoms with van der Waals surface area (Å²) < 4.78 is 0. The molecular weight excluding hydrogens is 239 g/mol. The van der Waals surface area contributed by atoms with E-state index >= 15 is 0 Å². The molecule has 0 saturated carbocycles. The Kier molecular flexibility index (Phi) is 4.30. The lowest BCUT2D eigenvalue weighted by molar-refractivity contribution is 0.0989. The summed E-state index contributed by atoms with van der Waals surface area (Å²) in [5.41, 5.74) is 1.38. The predicted octanol–water partition coefficient (Wildman–Crippen LogP) is 3.52. The number of thiol groups is 1. The number of carbonyl (C=O) groups is 1. The molecular formula is C10H10Cl2OS. The van der Waals surface area contributed by atoms with E-state index in [9.17, 15) is 4.79 Å². The van der Waals surface area contributed by atoms with E-state index in [1.165, 1.54) is 0 Å². The first-order valence-corrected chi connectivity index (χ1v) is 5.54. The zero-order valence-electron chi connectivity index (χ0n) is 7.63. The molecule has 0 amide bonds. The van der Waals surface area contributed by atoms with Crippen molar-refractivity contribution >= 4 is 41.6 Å². The van der Waals surface area contributed by atoms with Crippen molar-refractivity contribution in [1.29, 1.82) is 0 Å². The van der Waals surface area contributed by atoms with Crippen molar-refractivity contribution < 1.29 is 4.79 Å². The van der Waals surface area contributed by atoms with Crippen LogP contribution < -0.4 is 0 Å². The maximum absolute atomic E-state index is 11.6. The van der Waals surface area contributed by atoms with E-state index in [1.54, 1.807) is 19.1 Å². The summed E-state index contributed by atoms with van der Waals surface area (Å²) >= 11 is 15.7. The van der Waals surface area contributed by atoms with E-state index in [0.29, 0.717) is 16.3 Å². The van der Waals surface area contributed by atoms with Gasteiger partial charge in [-0.3, -0.25) is 4.79 Å². The fourth-order valence-corrected chi connectivity index (χ4v) is 1.88. The van der Waals surface area contributed by atoms with Crippen molar-refractivity contribution in [3.8, 4) is 0 Å². The summed E-state index contributed by atoms with van der Waals surface area (Å²) in [6.45, 7) is 1.64. The Labute approximate surface area is 98.8 Å². The van der Waals surface area contributed by atoms with Crippen molar-refractivity contribution in [2.45, 2.75) is 23.1 Å². The quantitative estimate of drug-likeness (QED) is 0.492. The molecule has 1 unspecified atom stereocenters. The molecule has 1 nitrogen and oxygen atoms in total. The molecule has 0 radical (unpaired) electrons. The third-order valence-electron chi connectivity index (χ3n) is 1.89. The van der Waals surface area contributed by atoms with E-state index in [-0.39, 0.29) is 5.78 Å². The highest BCUT2D eigenvalue weighted by atomic mass is 35.5. The summed E-state index contributed by atoms with van der Waals surface area (Å²) in [6, 6.07) is 5.33. The van der Waals surface area contributed by atoms with Gasteiger partial charge in [-0.1, -0.05) is 18.2 Å². The molecule has 76 valence electrons. The molecule has 4 heteroatoms. The van der Waals surface area contributed by atoms with E-state index in [0.717, 1.165) is 5.56 Å². The molecule has 0 aliphatic heterocycles. The summed E-state index contributed by atoms with van der Waals surface area (Å²) in [6.07, 6.45) is 0. The van der Waals surface area contributed by atoms with Crippen LogP contribution in [0.2, 0.25) is 0 Å². The van der Waals surface area contributed by atoms with Crippen molar-refractivity contribution in [2.75, 3.05) is 0 Å². The van der Waals surface area contributed by atoms with Crippen molar-refractivity contribution in [3.63, 3.8) is 0 Å². The molecule has 0 N–H and O–H groups in total. The monoisotopic (exact) mass is 248 g/mol. The Morgan fingerprint density at radius 2 is 2.21 bits per heavy atom. The SMILES string of the molecule is CC(Cl)C(=O)c1cccc(CCl)c1S. The zero-order valence-corrected chi connectivity index (χ0v) is 10.0. The molecule has 1 aromatic rings. The van der Waals surface area contributed by atoms with Crippen molar-refractivity contribution in [2.24, 2.45) is 0 Å². The minimum atomic E-state index is -0.536. The number of rotatable bonds is 3. The summed E-state index contributed by atoms with van der Waals surface area (Å²) in [7, 11) is 0. The molecule has 0 spiro atoms. The maximum atomic E-state index is 11.6. The van der Waals surface area contributed by atoms with E-state index in [2.05, 4.69) is 12.6 Å². The molecule has 0 fully saturated rings. The first-order chi connectivity index (χ1) is 6.57. The Morgan fingerprint density at radius 3 is 2.71 bits per heavy atom. The minimum absolute atomic E-state index is 0.122. The molecule has 0 bridgehead atoms. The first kappa shape index (κ1) is 11.9. The standard InChI is InChI=1S/C10H10Cl2OS/c1-6(12)9(13)8-4-2-3-7(5-11)10(8)14/h2-4,6,14H,5H2,1H3. The van der Waals surface area contributed by atoms with E-state index in [1.807, 2.05) is 6.07 Å². The highest BCUT2D eigenvalue weighted by molar-refractivity contribution is 7.80. The first-order valence-electron chi connectivity index (χ1n) is 4.13. The fraction of sp³-hybridized carbons (Fsp3) is 0.300. The normalized spacial score (nSPS) is 12.6. The lowest BCUT2D eigenvalue weighted by atomic mass is 10.1. The molecule has 1 rings (SSSR count). The molecule has 0 saturated heterocycles. The van der Waals surface area contributed by atoms with E-state index < -0.39 is 5.38 Å². The smallest absolute Gasteiger partial charge is 0.181 e. The fourth-order valence-electron chi connectivity index (χ4n) is 1.11. The van der Waals surface area contributed by atoms with Crippen LogP contribution in [0.4, 0.5) is 0 Å². The number of alkyl halides is 2. The second-order valence-corrected chi connectivity index (χ2v) is 4.30. The van der Waals surface area contributed by atoms with Crippen LogP contribution in [0, 0.1) is 0 Å². The van der Waals surface area contributed by atoms with Gasteiger partial charge in [0, 0.05) is 16.3 Å². The van der Waals surface area contributed by atoms with Gasteiger partial charge >= 0.3 is 0 Å². The van der Waals surface area contributed by atoms with Crippen LogP contribution in [0.1, 0.15) is 22.8 Å². The highest BCUT2D eigenvalue weighted by Crippen LogP contribution is 2.23. The summed E-state index contributed by atoms with van der Waals surface area (Å²) in [5, 5.41) is -0.536. The van der Waals surface area contributed by atoms with Crippen LogP contribution in [0.15, 0.2) is 23.1 Å². The van der Waals surface area contributed by atoms with Gasteiger partial charge in [-0.25, -0.2) is 0 Å². The number of hydrogen-bond acceptors (Lipinski definition) is 2. The largest absolute Gasteiger partial charge is 0.292 e.